The van der Waals surface area contributed by atoms with Crippen molar-refractivity contribution in [2.24, 2.45) is 11.7 Å². The molecule has 0 spiro atoms. The molecule has 0 aromatic carbocycles. The Morgan fingerprint density at radius 1 is 1.39 bits per heavy atom. The fourth-order valence-electron chi connectivity index (χ4n) is 2.15. The van der Waals surface area contributed by atoms with Crippen molar-refractivity contribution < 1.29 is 4.79 Å². The summed E-state index contributed by atoms with van der Waals surface area (Å²) in [4.78, 5) is 16.1. The largest absolute Gasteiger partial charge is 0.327 e. The molecule has 1 aromatic heterocycles. The highest BCUT2D eigenvalue weighted by Gasteiger charge is 2.30. The third-order valence-corrected chi connectivity index (χ3v) is 3.05. The number of anilines is 1. The average molecular weight is 292 g/mol. The van der Waals surface area contributed by atoms with Crippen LogP contribution in [-0.2, 0) is 4.79 Å². The highest BCUT2D eigenvalue weighted by Crippen LogP contribution is 2.25. The number of carbonyl (C=O) groups excluding carboxylic acids is 1. The molecular weight excluding hydrogens is 273 g/mol. The lowest BCUT2D eigenvalue weighted by atomic mass is 10.0. The van der Waals surface area contributed by atoms with Crippen molar-refractivity contribution in [3.63, 3.8) is 0 Å². The number of nitrogens with zero attached hydrogens (tertiary/aromatic N) is 1. The van der Waals surface area contributed by atoms with E-state index in [-0.39, 0.29) is 42.7 Å². The Labute approximate surface area is 120 Å². The summed E-state index contributed by atoms with van der Waals surface area (Å²) in [5.74, 6) is 0.564. The van der Waals surface area contributed by atoms with Gasteiger partial charge in [0.2, 0.25) is 5.91 Å². The van der Waals surface area contributed by atoms with Crippen molar-refractivity contribution >= 4 is 36.5 Å². The van der Waals surface area contributed by atoms with E-state index >= 15 is 0 Å². The molecule has 2 unspecified atom stereocenters. The van der Waals surface area contributed by atoms with Crippen molar-refractivity contribution in [1.29, 1.82) is 0 Å². The molecule has 3 N–H and O–H groups in total. The molecule has 4 nitrogen and oxygen atoms in total. The van der Waals surface area contributed by atoms with Crippen LogP contribution in [0, 0.1) is 12.8 Å². The van der Waals surface area contributed by atoms with Crippen LogP contribution in [0.2, 0.25) is 0 Å². The van der Waals surface area contributed by atoms with Crippen LogP contribution in [0.25, 0.3) is 0 Å². The number of aromatic nitrogens is 1. The Morgan fingerprint density at radius 3 is 2.67 bits per heavy atom. The lowest BCUT2D eigenvalue weighted by molar-refractivity contribution is -0.120. The van der Waals surface area contributed by atoms with Crippen LogP contribution in [0.3, 0.4) is 0 Å². The minimum atomic E-state index is -0.0534. The van der Waals surface area contributed by atoms with Crippen LogP contribution in [-0.4, -0.2) is 16.9 Å². The fourth-order valence-corrected chi connectivity index (χ4v) is 2.15. The van der Waals surface area contributed by atoms with E-state index in [0.717, 1.165) is 25.0 Å². The number of hydrogen-bond donors (Lipinski definition) is 2. The summed E-state index contributed by atoms with van der Waals surface area (Å²) in [6.45, 7) is 1.90. The summed E-state index contributed by atoms with van der Waals surface area (Å²) in [7, 11) is 0. The minimum absolute atomic E-state index is 0. The second-order valence-corrected chi connectivity index (χ2v) is 4.35. The second kappa shape index (κ2) is 7.56. The second-order valence-electron chi connectivity index (χ2n) is 4.35. The lowest BCUT2D eigenvalue weighted by Gasteiger charge is -2.14. The molecule has 1 aliphatic carbocycles. The van der Waals surface area contributed by atoms with Crippen LogP contribution in [0.15, 0.2) is 18.2 Å². The van der Waals surface area contributed by atoms with Crippen molar-refractivity contribution in [3.8, 4) is 0 Å². The van der Waals surface area contributed by atoms with Crippen LogP contribution in [0.4, 0.5) is 5.82 Å². The molecule has 1 aromatic rings. The number of amides is 1. The van der Waals surface area contributed by atoms with Gasteiger partial charge in [0, 0.05) is 11.7 Å². The Kier molecular flexibility index (Phi) is 7.21. The first-order valence-corrected chi connectivity index (χ1v) is 5.67. The van der Waals surface area contributed by atoms with Gasteiger partial charge in [0.1, 0.15) is 5.82 Å². The number of pyridine rings is 1. The van der Waals surface area contributed by atoms with E-state index < -0.39 is 0 Å². The standard InChI is InChI=1S/C12H17N3O.2ClH/c1-8-4-2-7-11(14-8)15-12(16)9-5-3-6-10(9)13;;/h2,4,7,9-10H,3,5-6,13H2,1H3,(H,14,15,16);2*1H. The van der Waals surface area contributed by atoms with Crippen molar-refractivity contribution in [2.75, 3.05) is 5.32 Å². The predicted molar refractivity (Wildman–Crippen MR) is 77.4 cm³/mol. The van der Waals surface area contributed by atoms with Crippen LogP contribution >= 0.6 is 24.8 Å². The summed E-state index contributed by atoms with van der Waals surface area (Å²) in [5, 5.41) is 2.83. The molecule has 6 heteroatoms. The molecule has 2 rings (SSSR count). The van der Waals surface area contributed by atoms with E-state index in [9.17, 15) is 4.79 Å². The Hall–Kier alpha value is -0.840. The number of halogens is 2. The maximum atomic E-state index is 11.9. The van der Waals surface area contributed by atoms with E-state index in [0.29, 0.717) is 5.82 Å². The molecule has 1 fully saturated rings. The molecule has 1 saturated carbocycles. The molecule has 18 heavy (non-hydrogen) atoms. The number of carbonyl (C=O) groups is 1. The summed E-state index contributed by atoms with van der Waals surface area (Å²) in [5.41, 5.74) is 6.78. The number of aryl methyl sites for hydroxylation is 1. The molecule has 0 aliphatic heterocycles. The van der Waals surface area contributed by atoms with Gasteiger partial charge in [-0.25, -0.2) is 4.98 Å². The topological polar surface area (TPSA) is 68.0 Å². The lowest BCUT2D eigenvalue weighted by Crippen LogP contribution is -2.34. The first-order valence-electron chi connectivity index (χ1n) is 5.67. The zero-order valence-corrected chi connectivity index (χ0v) is 11.9. The van der Waals surface area contributed by atoms with E-state index in [1.54, 1.807) is 6.07 Å². The van der Waals surface area contributed by atoms with Crippen LogP contribution in [0.5, 0.6) is 0 Å². The van der Waals surface area contributed by atoms with Crippen LogP contribution in [0.1, 0.15) is 25.0 Å². The first kappa shape index (κ1) is 17.2. The SMILES string of the molecule is Cc1cccc(NC(=O)C2CCCC2N)n1.Cl.Cl. The molecule has 0 bridgehead atoms. The van der Waals surface area contributed by atoms with Gasteiger partial charge in [0.15, 0.2) is 0 Å². The van der Waals surface area contributed by atoms with Crippen molar-refractivity contribution in [2.45, 2.75) is 32.2 Å². The third-order valence-electron chi connectivity index (χ3n) is 3.05. The first-order chi connectivity index (χ1) is 7.66. The summed E-state index contributed by atoms with van der Waals surface area (Å²) in [6, 6.07) is 5.58. The normalized spacial score (nSPS) is 21.7. The molecule has 1 heterocycles. The summed E-state index contributed by atoms with van der Waals surface area (Å²) >= 11 is 0. The number of hydrogen-bond acceptors (Lipinski definition) is 3. The molecule has 0 saturated heterocycles. The predicted octanol–water partition coefficient (Wildman–Crippen LogP) is 2.30. The molecular formula is C12H19Cl2N3O. The van der Waals surface area contributed by atoms with Crippen molar-refractivity contribution in [3.05, 3.63) is 23.9 Å². The van der Waals surface area contributed by atoms with E-state index in [1.165, 1.54) is 0 Å². The highest BCUT2D eigenvalue weighted by molar-refractivity contribution is 5.92. The maximum absolute atomic E-state index is 11.9. The van der Waals surface area contributed by atoms with Gasteiger partial charge in [0.05, 0.1) is 5.92 Å². The Balaban J connectivity index is 0.00000144. The van der Waals surface area contributed by atoms with Gasteiger partial charge < -0.3 is 11.1 Å². The van der Waals surface area contributed by atoms with Crippen LogP contribution < -0.4 is 11.1 Å². The number of nitrogens with two attached hydrogens (primary N) is 1. The van der Waals surface area contributed by atoms with Gasteiger partial charge >= 0.3 is 0 Å². The zero-order chi connectivity index (χ0) is 11.5. The molecule has 1 amide bonds. The monoisotopic (exact) mass is 291 g/mol. The number of nitrogens with one attached hydrogen (secondary N) is 1. The average Bonchev–Trinajstić information content (AvgIpc) is 2.64. The Morgan fingerprint density at radius 2 is 2.11 bits per heavy atom. The summed E-state index contributed by atoms with van der Waals surface area (Å²) in [6.07, 6.45) is 2.87. The Bertz CT molecular complexity index is 401. The van der Waals surface area contributed by atoms with Gasteiger partial charge in [0.25, 0.3) is 0 Å². The quantitative estimate of drug-likeness (QED) is 0.879. The maximum Gasteiger partial charge on any atom is 0.230 e. The van der Waals surface area contributed by atoms with Gasteiger partial charge in [-0.3, -0.25) is 4.79 Å². The molecule has 2 atom stereocenters. The van der Waals surface area contributed by atoms with Gasteiger partial charge in [-0.15, -0.1) is 24.8 Å². The minimum Gasteiger partial charge on any atom is -0.327 e. The number of rotatable bonds is 2. The van der Waals surface area contributed by atoms with Gasteiger partial charge in [-0.1, -0.05) is 12.5 Å². The third kappa shape index (κ3) is 4.12. The zero-order valence-electron chi connectivity index (χ0n) is 10.3. The fraction of sp³-hybridized carbons (Fsp3) is 0.500. The van der Waals surface area contributed by atoms with E-state index in [4.69, 9.17) is 5.73 Å². The van der Waals surface area contributed by atoms with Gasteiger partial charge in [-0.05, 0) is 31.9 Å². The molecule has 102 valence electrons. The molecule has 1 aliphatic rings. The summed E-state index contributed by atoms with van der Waals surface area (Å²) < 4.78 is 0. The molecule has 0 radical (unpaired) electrons. The van der Waals surface area contributed by atoms with Gasteiger partial charge in [-0.2, -0.15) is 0 Å². The smallest absolute Gasteiger partial charge is 0.230 e. The van der Waals surface area contributed by atoms with E-state index in [1.807, 2.05) is 19.1 Å². The van der Waals surface area contributed by atoms with E-state index in [2.05, 4.69) is 10.3 Å². The highest BCUT2D eigenvalue weighted by atomic mass is 35.5. The van der Waals surface area contributed by atoms with Crippen molar-refractivity contribution in [1.82, 2.24) is 4.98 Å².